The number of carbonyl (C=O) groups excluding carboxylic acids is 1. The highest BCUT2D eigenvalue weighted by molar-refractivity contribution is 6.24. The maximum atomic E-state index is 13.1. The average molecular weight is 277 g/mol. The fraction of sp³-hybridized carbons (Fsp3) is 0.300. The first-order valence-corrected chi connectivity index (χ1v) is 5.41. The van der Waals surface area contributed by atoms with E-state index < -0.39 is 33.5 Å². The standard InChI is InChI=1S/C10H7ClF2N2O3/c11-5-1-10(16)14(4-5)8-2-6(12)7(13)3-9(8)15(17)18/h2-3,5H,1,4H2. The Balaban J connectivity index is 2.52. The zero-order chi connectivity index (χ0) is 13.4. The highest BCUT2D eigenvalue weighted by atomic mass is 35.5. The molecule has 0 N–H and O–H groups in total. The third kappa shape index (κ3) is 2.13. The maximum Gasteiger partial charge on any atom is 0.296 e. The second kappa shape index (κ2) is 4.49. The molecule has 5 nitrogen and oxygen atoms in total. The number of nitrogens with zero attached hydrogens (tertiary/aromatic N) is 2. The van der Waals surface area contributed by atoms with Crippen LogP contribution in [0.2, 0.25) is 0 Å². The molecular weight excluding hydrogens is 270 g/mol. The van der Waals surface area contributed by atoms with E-state index in [0.29, 0.717) is 12.1 Å². The lowest BCUT2D eigenvalue weighted by Crippen LogP contribution is -2.25. The van der Waals surface area contributed by atoms with Crippen LogP contribution < -0.4 is 4.90 Å². The quantitative estimate of drug-likeness (QED) is 0.473. The Kier molecular flexibility index (Phi) is 3.16. The minimum atomic E-state index is -1.33. The number of benzene rings is 1. The molecule has 0 aromatic heterocycles. The first-order valence-electron chi connectivity index (χ1n) is 4.98. The molecule has 1 fully saturated rings. The molecule has 1 amide bonds. The highest BCUT2D eigenvalue weighted by Gasteiger charge is 2.34. The molecule has 2 rings (SSSR count). The summed E-state index contributed by atoms with van der Waals surface area (Å²) in [5.74, 6) is -3.04. The van der Waals surface area contributed by atoms with E-state index in [2.05, 4.69) is 0 Å². The number of amides is 1. The van der Waals surface area contributed by atoms with Crippen LogP contribution in [0.5, 0.6) is 0 Å². The van der Waals surface area contributed by atoms with Crippen molar-refractivity contribution >= 4 is 28.9 Å². The van der Waals surface area contributed by atoms with Crippen LogP contribution in [-0.4, -0.2) is 22.8 Å². The molecule has 0 saturated carbocycles. The van der Waals surface area contributed by atoms with E-state index in [-0.39, 0.29) is 18.7 Å². The Morgan fingerprint density at radius 1 is 1.39 bits per heavy atom. The van der Waals surface area contributed by atoms with Crippen molar-refractivity contribution in [3.05, 3.63) is 33.9 Å². The lowest BCUT2D eigenvalue weighted by atomic mass is 10.2. The van der Waals surface area contributed by atoms with E-state index in [1.54, 1.807) is 0 Å². The molecule has 1 unspecified atom stereocenters. The third-order valence-corrected chi connectivity index (χ3v) is 2.88. The van der Waals surface area contributed by atoms with Gasteiger partial charge in [0.05, 0.1) is 16.4 Å². The van der Waals surface area contributed by atoms with Gasteiger partial charge in [-0.1, -0.05) is 0 Å². The van der Waals surface area contributed by atoms with Crippen molar-refractivity contribution in [2.75, 3.05) is 11.4 Å². The van der Waals surface area contributed by atoms with Gasteiger partial charge in [0.15, 0.2) is 11.6 Å². The second-order valence-corrected chi connectivity index (χ2v) is 4.44. The monoisotopic (exact) mass is 276 g/mol. The SMILES string of the molecule is O=C1CC(Cl)CN1c1cc(F)c(F)cc1[N+](=O)[O-]. The maximum absolute atomic E-state index is 13.1. The van der Waals surface area contributed by atoms with Gasteiger partial charge >= 0.3 is 0 Å². The Morgan fingerprint density at radius 2 is 2.00 bits per heavy atom. The predicted octanol–water partition coefficient (Wildman–Crippen LogP) is 2.22. The van der Waals surface area contributed by atoms with Gasteiger partial charge in [-0.25, -0.2) is 8.78 Å². The topological polar surface area (TPSA) is 63.5 Å². The summed E-state index contributed by atoms with van der Waals surface area (Å²) in [6.45, 7) is 0.0340. The number of hydrogen-bond donors (Lipinski definition) is 0. The van der Waals surface area contributed by atoms with Crippen molar-refractivity contribution in [1.29, 1.82) is 0 Å². The summed E-state index contributed by atoms with van der Waals surface area (Å²) in [5, 5.41) is 10.3. The van der Waals surface area contributed by atoms with Crippen LogP contribution in [0.3, 0.4) is 0 Å². The van der Waals surface area contributed by atoms with Crippen molar-refractivity contribution in [3.8, 4) is 0 Å². The van der Waals surface area contributed by atoms with Gasteiger partial charge in [0.1, 0.15) is 5.69 Å². The molecule has 1 aromatic carbocycles. The minimum Gasteiger partial charge on any atom is -0.305 e. The van der Waals surface area contributed by atoms with Crippen LogP contribution in [0.1, 0.15) is 6.42 Å². The van der Waals surface area contributed by atoms with Crippen molar-refractivity contribution in [2.24, 2.45) is 0 Å². The van der Waals surface area contributed by atoms with Crippen molar-refractivity contribution in [2.45, 2.75) is 11.8 Å². The largest absolute Gasteiger partial charge is 0.305 e. The molecular formula is C10H7ClF2N2O3. The fourth-order valence-electron chi connectivity index (χ4n) is 1.79. The number of anilines is 1. The number of halogens is 3. The molecule has 1 saturated heterocycles. The molecule has 0 aliphatic carbocycles. The summed E-state index contributed by atoms with van der Waals surface area (Å²) < 4.78 is 26.1. The zero-order valence-corrected chi connectivity index (χ0v) is 9.66. The summed E-state index contributed by atoms with van der Waals surface area (Å²) in [6.07, 6.45) is 0.0116. The van der Waals surface area contributed by atoms with E-state index in [0.717, 1.165) is 4.90 Å². The molecule has 1 atom stereocenters. The summed E-state index contributed by atoms with van der Waals surface area (Å²) in [7, 11) is 0. The van der Waals surface area contributed by atoms with Gasteiger partial charge in [-0.2, -0.15) is 0 Å². The average Bonchev–Trinajstić information content (AvgIpc) is 2.61. The molecule has 1 aromatic rings. The number of carbonyl (C=O) groups is 1. The normalized spacial score (nSPS) is 19.4. The van der Waals surface area contributed by atoms with E-state index in [1.165, 1.54) is 0 Å². The molecule has 1 heterocycles. The van der Waals surface area contributed by atoms with Gasteiger partial charge in [-0.05, 0) is 0 Å². The minimum absolute atomic E-state index is 0.0116. The van der Waals surface area contributed by atoms with Gasteiger partial charge in [-0.15, -0.1) is 11.6 Å². The lowest BCUT2D eigenvalue weighted by Gasteiger charge is -2.15. The van der Waals surface area contributed by atoms with Crippen molar-refractivity contribution in [1.82, 2.24) is 0 Å². The first-order chi connectivity index (χ1) is 8.40. The van der Waals surface area contributed by atoms with Crippen LogP contribution in [-0.2, 0) is 4.79 Å². The molecule has 0 radical (unpaired) electrons. The molecule has 18 heavy (non-hydrogen) atoms. The van der Waals surface area contributed by atoms with Crippen LogP contribution in [0.15, 0.2) is 12.1 Å². The number of hydrogen-bond acceptors (Lipinski definition) is 3. The Labute approximate surface area is 105 Å². The Hall–Kier alpha value is -1.76. The van der Waals surface area contributed by atoms with E-state index in [9.17, 15) is 23.7 Å². The predicted molar refractivity (Wildman–Crippen MR) is 59.6 cm³/mol. The van der Waals surface area contributed by atoms with Gasteiger partial charge in [-0.3, -0.25) is 14.9 Å². The lowest BCUT2D eigenvalue weighted by molar-refractivity contribution is -0.384. The van der Waals surface area contributed by atoms with Crippen LogP contribution in [0, 0.1) is 21.7 Å². The molecule has 0 bridgehead atoms. The summed E-state index contributed by atoms with van der Waals surface area (Å²) in [4.78, 5) is 22.5. The van der Waals surface area contributed by atoms with Gasteiger partial charge < -0.3 is 4.90 Å². The van der Waals surface area contributed by atoms with Gasteiger partial charge in [0.2, 0.25) is 5.91 Å². The van der Waals surface area contributed by atoms with Crippen molar-refractivity contribution in [3.63, 3.8) is 0 Å². The fourth-order valence-corrected chi connectivity index (χ4v) is 2.06. The molecule has 0 spiro atoms. The zero-order valence-electron chi connectivity index (χ0n) is 8.90. The van der Waals surface area contributed by atoms with Gasteiger partial charge in [0.25, 0.3) is 5.69 Å². The Bertz CT molecular complexity index is 538. The number of rotatable bonds is 2. The second-order valence-electron chi connectivity index (χ2n) is 3.82. The Morgan fingerprint density at radius 3 is 2.50 bits per heavy atom. The number of alkyl halides is 1. The molecule has 1 aliphatic heterocycles. The highest BCUT2D eigenvalue weighted by Crippen LogP contribution is 2.34. The van der Waals surface area contributed by atoms with Crippen molar-refractivity contribution < 1.29 is 18.5 Å². The number of nitro groups is 1. The molecule has 8 heteroatoms. The van der Waals surface area contributed by atoms with E-state index in [1.807, 2.05) is 0 Å². The van der Waals surface area contributed by atoms with E-state index >= 15 is 0 Å². The number of nitro benzene ring substituents is 1. The summed E-state index contributed by atoms with van der Waals surface area (Å²) in [6, 6.07) is 1.10. The molecule has 96 valence electrons. The van der Waals surface area contributed by atoms with Crippen LogP contribution in [0.4, 0.5) is 20.2 Å². The molecule has 1 aliphatic rings. The van der Waals surface area contributed by atoms with E-state index in [4.69, 9.17) is 11.6 Å². The van der Waals surface area contributed by atoms with Crippen LogP contribution >= 0.6 is 11.6 Å². The third-order valence-electron chi connectivity index (χ3n) is 2.58. The van der Waals surface area contributed by atoms with Gasteiger partial charge in [0, 0.05) is 19.0 Å². The van der Waals surface area contributed by atoms with Crippen LogP contribution in [0.25, 0.3) is 0 Å². The first kappa shape index (κ1) is 12.7. The smallest absolute Gasteiger partial charge is 0.296 e. The summed E-state index contributed by atoms with van der Waals surface area (Å²) >= 11 is 5.75. The summed E-state index contributed by atoms with van der Waals surface area (Å²) in [5.41, 5.74) is -0.930.